The Balaban J connectivity index is 1.40. The van der Waals surface area contributed by atoms with Gasteiger partial charge in [-0.15, -0.1) is 0 Å². The first-order chi connectivity index (χ1) is 18.3. The smallest absolute Gasteiger partial charge is 0.257 e. The number of nitrogens with one attached hydrogen (secondary N) is 2. The van der Waals surface area contributed by atoms with Crippen LogP contribution < -0.4 is 20.1 Å². The van der Waals surface area contributed by atoms with E-state index in [9.17, 15) is 14.0 Å². The molecule has 1 aromatic carbocycles. The summed E-state index contributed by atoms with van der Waals surface area (Å²) in [5, 5.41) is 10.0. The van der Waals surface area contributed by atoms with Crippen LogP contribution in [0.4, 0.5) is 10.2 Å². The van der Waals surface area contributed by atoms with Crippen molar-refractivity contribution in [1.82, 2.24) is 24.9 Å². The quantitative estimate of drug-likeness (QED) is 0.345. The number of benzene rings is 1. The third-order valence-electron chi connectivity index (χ3n) is 6.16. The number of para-hydroxylation sites is 1. The van der Waals surface area contributed by atoms with Gasteiger partial charge in [-0.1, -0.05) is 12.1 Å². The van der Waals surface area contributed by atoms with Gasteiger partial charge in [0.2, 0.25) is 11.8 Å². The van der Waals surface area contributed by atoms with Crippen molar-refractivity contribution in [3.63, 3.8) is 0 Å². The molecule has 2 N–H and O–H groups in total. The second-order valence-electron chi connectivity index (χ2n) is 9.17. The Kier molecular flexibility index (Phi) is 6.91. The van der Waals surface area contributed by atoms with E-state index in [1.54, 1.807) is 43.5 Å². The van der Waals surface area contributed by atoms with Gasteiger partial charge in [0.15, 0.2) is 23.0 Å². The largest absolute Gasteiger partial charge is 0.490 e. The van der Waals surface area contributed by atoms with Crippen molar-refractivity contribution in [1.29, 1.82) is 0 Å². The van der Waals surface area contributed by atoms with Crippen molar-refractivity contribution in [2.75, 3.05) is 19.0 Å². The number of carbonyl (C=O) groups excluding carboxylic acids is 2. The Labute approximate surface area is 218 Å². The highest BCUT2D eigenvalue weighted by atomic mass is 19.1. The van der Waals surface area contributed by atoms with E-state index in [1.165, 1.54) is 24.6 Å². The van der Waals surface area contributed by atoms with Gasteiger partial charge in [0.05, 0.1) is 31.3 Å². The number of nitrogens with zero attached hydrogens (tertiary/aromatic N) is 4. The molecule has 1 aliphatic carbocycles. The Bertz CT molecular complexity index is 1530. The molecule has 3 heterocycles. The molecule has 2 amide bonds. The van der Waals surface area contributed by atoms with Crippen molar-refractivity contribution >= 4 is 23.3 Å². The number of hydrogen-bond donors (Lipinski definition) is 2. The molecule has 0 spiro atoms. The molecule has 3 aromatic heterocycles. The summed E-state index contributed by atoms with van der Waals surface area (Å²) in [6.45, 7) is 3.71. The van der Waals surface area contributed by atoms with Gasteiger partial charge < -0.3 is 20.1 Å². The number of amides is 2. The van der Waals surface area contributed by atoms with Crippen LogP contribution in [-0.4, -0.2) is 45.1 Å². The predicted octanol–water partition coefficient (Wildman–Crippen LogP) is 3.92. The van der Waals surface area contributed by atoms with Crippen molar-refractivity contribution in [2.45, 2.75) is 33.2 Å². The van der Waals surface area contributed by atoms with Gasteiger partial charge in [-0.25, -0.2) is 18.9 Å². The first-order valence-electron chi connectivity index (χ1n) is 12.2. The average molecular weight is 519 g/mol. The molecule has 196 valence electrons. The molecule has 0 radical (unpaired) electrons. The van der Waals surface area contributed by atoms with Crippen LogP contribution in [0.25, 0.3) is 16.9 Å². The maximum Gasteiger partial charge on any atom is 0.257 e. The number of ether oxygens (including phenoxy) is 2. The van der Waals surface area contributed by atoms with Crippen LogP contribution in [0.3, 0.4) is 0 Å². The van der Waals surface area contributed by atoms with Crippen LogP contribution in [0.2, 0.25) is 0 Å². The molecule has 11 heteroatoms. The minimum atomic E-state index is -0.461. The molecule has 0 bridgehead atoms. The summed E-state index contributed by atoms with van der Waals surface area (Å²) in [5.74, 6) is 0.0201. The van der Waals surface area contributed by atoms with Crippen LogP contribution >= 0.6 is 0 Å². The number of fused-ring (bicyclic) bond motifs is 1. The van der Waals surface area contributed by atoms with Crippen LogP contribution in [0, 0.1) is 18.7 Å². The van der Waals surface area contributed by atoms with E-state index in [4.69, 9.17) is 9.47 Å². The van der Waals surface area contributed by atoms with E-state index in [0.29, 0.717) is 46.5 Å². The predicted molar refractivity (Wildman–Crippen MR) is 138 cm³/mol. The highest BCUT2D eigenvalue weighted by molar-refractivity contribution is 5.97. The first kappa shape index (κ1) is 25.1. The third kappa shape index (κ3) is 5.41. The lowest BCUT2D eigenvalue weighted by Gasteiger charge is -2.15. The lowest BCUT2D eigenvalue weighted by Crippen LogP contribution is -2.24. The van der Waals surface area contributed by atoms with E-state index in [0.717, 1.165) is 12.8 Å². The zero-order valence-electron chi connectivity index (χ0n) is 21.2. The Hall–Kier alpha value is -4.54. The fraction of sp³-hybridized carbons (Fsp3) is 0.296. The number of rotatable bonds is 9. The topological polar surface area (TPSA) is 120 Å². The lowest BCUT2D eigenvalue weighted by molar-refractivity contribution is -0.114. The number of methoxy groups -OCH3 is 1. The van der Waals surface area contributed by atoms with Crippen LogP contribution in [0.1, 0.15) is 41.4 Å². The number of aromatic nitrogens is 4. The van der Waals surface area contributed by atoms with E-state index < -0.39 is 11.7 Å². The molecule has 0 aliphatic heterocycles. The Morgan fingerprint density at radius 2 is 2.00 bits per heavy atom. The minimum Gasteiger partial charge on any atom is -0.490 e. The third-order valence-corrected chi connectivity index (χ3v) is 6.16. The number of carbonyl (C=O) groups is 2. The van der Waals surface area contributed by atoms with Gasteiger partial charge in [-0.05, 0) is 49.9 Å². The molecule has 10 nitrogen and oxygen atoms in total. The standard InChI is InChI=1S/C27H27FN6O4/c1-15-19(22-9-10-24-32-23(31-16(2)35)13-34(24)33-22)11-20(27(30-15)37-3)26(36)29-12-18-5-4-6-21(28)25(18)38-14-17-7-8-17/h4-6,9-11,13,17H,7-8,12,14H2,1-3H3,(H,29,36)(H,31,35). The second-order valence-corrected chi connectivity index (χ2v) is 9.17. The number of imidazole rings is 1. The fourth-order valence-electron chi connectivity index (χ4n) is 4.04. The second kappa shape index (κ2) is 10.4. The molecule has 0 atom stereocenters. The first-order valence-corrected chi connectivity index (χ1v) is 12.2. The maximum absolute atomic E-state index is 14.4. The average Bonchev–Trinajstić information content (AvgIpc) is 3.63. The number of hydrogen-bond acceptors (Lipinski definition) is 7. The van der Waals surface area contributed by atoms with Gasteiger partial charge in [0.1, 0.15) is 5.56 Å². The molecule has 1 saturated carbocycles. The summed E-state index contributed by atoms with van der Waals surface area (Å²) in [7, 11) is 1.44. The summed E-state index contributed by atoms with van der Waals surface area (Å²) in [6, 6.07) is 9.82. The van der Waals surface area contributed by atoms with Gasteiger partial charge >= 0.3 is 0 Å². The molecule has 38 heavy (non-hydrogen) atoms. The van der Waals surface area contributed by atoms with Crippen molar-refractivity contribution in [2.24, 2.45) is 5.92 Å². The van der Waals surface area contributed by atoms with E-state index in [-0.39, 0.29) is 29.6 Å². The van der Waals surface area contributed by atoms with E-state index >= 15 is 0 Å². The molecule has 0 unspecified atom stereocenters. The molecule has 0 saturated heterocycles. The molecular formula is C27H27FN6O4. The maximum atomic E-state index is 14.4. The van der Waals surface area contributed by atoms with Crippen LogP contribution in [-0.2, 0) is 11.3 Å². The van der Waals surface area contributed by atoms with Crippen LogP contribution in [0.15, 0.2) is 42.6 Å². The lowest BCUT2D eigenvalue weighted by atomic mass is 10.1. The normalized spacial score (nSPS) is 12.8. The van der Waals surface area contributed by atoms with Gasteiger partial charge in [-0.2, -0.15) is 5.10 Å². The van der Waals surface area contributed by atoms with E-state index in [1.807, 2.05) is 0 Å². The number of halogens is 1. The molecular weight excluding hydrogens is 491 g/mol. The number of pyridine rings is 1. The minimum absolute atomic E-state index is 0.0636. The summed E-state index contributed by atoms with van der Waals surface area (Å²) < 4.78 is 27.1. The fourth-order valence-corrected chi connectivity index (χ4v) is 4.04. The summed E-state index contributed by atoms with van der Waals surface area (Å²) in [5.41, 5.74) is 3.06. The molecule has 4 aromatic rings. The van der Waals surface area contributed by atoms with E-state index in [2.05, 4.69) is 25.7 Å². The zero-order valence-corrected chi connectivity index (χ0v) is 21.2. The number of anilines is 1. The highest BCUT2D eigenvalue weighted by Crippen LogP contribution is 2.32. The monoisotopic (exact) mass is 518 g/mol. The Morgan fingerprint density at radius 1 is 1.18 bits per heavy atom. The zero-order chi connectivity index (χ0) is 26.8. The Morgan fingerprint density at radius 3 is 2.74 bits per heavy atom. The summed E-state index contributed by atoms with van der Waals surface area (Å²) in [6.07, 6.45) is 3.77. The molecule has 5 rings (SSSR count). The molecule has 1 aliphatic rings. The summed E-state index contributed by atoms with van der Waals surface area (Å²) >= 11 is 0. The van der Waals surface area contributed by atoms with Crippen LogP contribution in [0.5, 0.6) is 11.6 Å². The SMILES string of the molecule is COc1nc(C)c(-c2ccc3nc(NC(C)=O)cn3n2)cc1C(=O)NCc1cccc(F)c1OCC1CC1. The number of aryl methyl sites for hydroxylation is 1. The van der Waals surface area contributed by atoms with Crippen molar-refractivity contribution in [3.05, 3.63) is 65.2 Å². The van der Waals surface area contributed by atoms with Gasteiger partial charge in [-0.3, -0.25) is 9.59 Å². The van der Waals surface area contributed by atoms with Crippen molar-refractivity contribution in [3.8, 4) is 22.9 Å². The van der Waals surface area contributed by atoms with Gasteiger partial charge in [0, 0.05) is 24.6 Å². The van der Waals surface area contributed by atoms with Crippen molar-refractivity contribution < 1.29 is 23.5 Å². The highest BCUT2D eigenvalue weighted by Gasteiger charge is 2.24. The summed E-state index contributed by atoms with van der Waals surface area (Å²) in [4.78, 5) is 33.4. The van der Waals surface area contributed by atoms with Gasteiger partial charge in [0.25, 0.3) is 5.91 Å². The molecule has 1 fully saturated rings.